The van der Waals surface area contributed by atoms with Crippen LogP contribution in [-0.4, -0.2) is 5.60 Å². The molecule has 0 unspecified atom stereocenters. The van der Waals surface area contributed by atoms with Crippen molar-refractivity contribution in [3.05, 3.63) is 34.2 Å². The van der Waals surface area contributed by atoms with E-state index in [-0.39, 0.29) is 5.60 Å². The zero-order valence-electron chi connectivity index (χ0n) is 10.0. The molecule has 0 aliphatic rings. The van der Waals surface area contributed by atoms with Crippen molar-refractivity contribution < 1.29 is 4.74 Å². The Kier molecular flexibility index (Phi) is 3.82. The van der Waals surface area contributed by atoms with Crippen molar-refractivity contribution in [1.29, 1.82) is 0 Å². The Bertz CT molecular complexity index is 337. The van der Waals surface area contributed by atoms with E-state index in [1.807, 2.05) is 12.1 Å². The summed E-state index contributed by atoms with van der Waals surface area (Å²) >= 11 is 3.59. The fourth-order valence-corrected chi connectivity index (χ4v) is 2.05. The molecule has 0 amide bonds. The lowest BCUT2D eigenvalue weighted by Gasteiger charge is -2.23. The lowest BCUT2D eigenvalue weighted by atomic mass is 10.0. The average molecular weight is 270 g/mol. The molecule has 1 aromatic carbocycles. The molecule has 0 saturated heterocycles. The van der Waals surface area contributed by atoms with E-state index in [0.717, 1.165) is 10.2 Å². The average Bonchev–Trinajstić information content (AvgIpc) is 2.05. The molecule has 0 heterocycles. The number of ether oxygens (including phenoxy) is 1. The summed E-state index contributed by atoms with van der Waals surface area (Å²) < 4.78 is 6.90. The van der Waals surface area contributed by atoms with Gasteiger partial charge >= 0.3 is 0 Å². The molecule has 0 fully saturated rings. The number of hydrogen-bond donors (Lipinski definition) is 0. The molecule has 83 valence electrons. The zero-order chi connectivity index (χ0) is 11.6. The van der Waals surface area contributed by atoms with Gasteiger partial charge in [-0.05, 0) is 48.3 Å². The van der Waals surface area contributed by atoms with E-state index in [2.05, 4.69) is 56.6 Å². The molecular weight excluding hydrogens is 252 g/mol. The van der Waals surface area contributed by atoms with Gasteiger partial charge in [-0.3, -0.25) is 0 Å². The van der Waals surface area contributed by atoms with Crippen molar-refractivity contribution in [2.45, 2.75) is 40.2 Å². The molecule has 1 aromatic rings. The lowest BCUT2D eigenvalue weighted by Crippen LogP contribution is -2.23. The van der Waals surface area contributed by atoms with Gasteiger partial charge in [0.1, 0.15) is 11.4 Å². The minimum atomic E-state index is -0.164. The Morgan fingerprint density at radius 1 is 1.20 bits per heavy atom. The summed E-state index contributed by atoms with van der Waals surface area (Å²) in [6, 6.07) is 6.10. The summed E-state index contributed by atoms with van der Waals surface area (Å²) in [6.07, 6.45) is 0. The predicted octanol–water partition coefficient (Wildman–Crippen LogP) is 4.59. The molecule has 15 heavy (non-hydrogen) atoms. The molecule has 0 saturated carbocycles. The summed E-state index contributed by atoms with van der Waals surface area (Å²) in [5.41, 5.74) is 1.04. The predicted molar refractivity (Wildman–Crippen MR) is 68.2 cm³/mol. The second-order valence-corrected chi connectivity index (χ2v) is 5.63. The van der Waals surface area contributed by atoms with E-state index in [1.165, 1.54) is 11.5 Å². The van der Waals surface area contributed by atoms with E-state index in [9.17, 15) is 0 Å². The highest BCUT2D eigenvalue weighted by atomic mass is 79.9. The number of benzene rings is 1. The SMILES string of the molecule is C[C](C)c1cccc(OC(C)(C)C)c1Br. The first-order valence-corrected chi connectivity index (χ1v) is 5.88. The Labute approximate surface area is 101 Å². The molecule has 0 aliphatic heterocycles. The van der Waals surface area contributed by atoms with Crippen LogP contribution in [0, 0.1) is 5.92 Å². The number of hydrogen-bond acceptors (Lipinski definition) is 1. The van der Waals surface area contributed by atoms with Crippen molar-refractivity contribution in [2.75, 3.05) is 0 Å². The first kappa shape index (κ1) is 12.6. The highest BCUT2D eigenvalue weighted by Crippen LogP contribution is 2.34. The van der Waals surface area contributed by atoms with Crippen molar-refractivity contribution in [2.24, 2.45) is 0 Å². The van der Waals surface area contributed by atoms with Gasteiger partial charge in [-0.25, -0.2) is 0 Å². The van der Waals surface area contributed by atoms with E-state index in [1.54, 1.807) is 0 Å². The van der Waals surface area contributed by atoms with Crippen LogP contribution in [0.2, 0.25) is 0 Å². The quantitative estimate of drug-likeness (QED) is 0.763. The van der Waals surface area contributed by atoms with Gasteiger partial charge < -0.3 is 4.74 Å². The van der Waals surface area contributed by atoms with Gasteiger partial charge in [0.25, 0.3) is 0 Å². The van der Waals surface area contributed by atoms with E-state index >= 15 is 0 Å². The second kappa shape index (κ2) is 4.56. The van der Waals surface area contributed by atoms with Crippen LogP contribution >= 0.6 is 15.9 Å². The van der Waals surface area contributed by atoms with Gasteiger partial charge in [0.15, 0.2) is 0 Å². The monoisotopic (exact) mass is 269 g/mol. The largest absolute Gasteiger partial charge is 0.487 e. The van der Waals surface area contributed by atoms with E-state index in [0.29, 0.717) is 0 Å². The van der Waals surface area contributed by atoms with Crippen LogP contribution in [0.4, 0.5) is 0 Å². The molecule has 0 spiro atoms. The maximum Gasteiger partial charge on any atom is 0.134 e. The minimum Gasteiger partial charge on any atom is -0.487 e. The van der Waals surface area contributed by atoms with E-state index in [4.69, 9.17) is 4.74 Å². The van der Waals surface area contributed by atoms with E-state index < -0.39 is 0 Å². The highest BCUT2D eigenvalue weighted by molar-refractivity contribution is 9.10. The van der Waals surface area contributed by atoms with Gasteiger partial charge in [0.2, 0.25) is 0 Å². The smallest absolute Gasteiger partial charge is 0.134 e. The molecule has 1 radical (unpaired) electrons. The zero-order valence-corrected chi connectivity index (χ0v) is 11.6. The Morgan fingerprint density at radius 2 is 1.80 bits per heavy atom. The number of rotatable bonds is 2. The van der Waals surface area contributed by atoms with Gasteiger partial charge in [0, 0.05) is 5.92 Å². The van der Waals surface area contributed by atoms with Crippen LogP contribution in [-0.2, 0) is 0 Å². The van der Waals surface area contributed by atoms with Gasteiger partial charge in [0.05, 0.1) is 4.47 Å². The topological polar surface area (TPSA) is 9.23 Å². The van der Waals surface area contributed by atoms with Crippen LogP contribution in [0.15, 0.2) is 22.7 Å². The number of halogens is 1. The van der Waals surface area contributed by atoms with Crippen molar-refractivity contribution in [3.63, 3.8) is 0 Å². The minimum absolute atomic E-state index is 0.164. The molecule has 1 rings (SSSR count). The summed E-state index contributed by atoms with van der Waals surface area (Å²) in [6.45, 7) is 10.3. The molecular formula is C13H18BrO. The maximum atomic E-state index is 5.86. The molecule has 0 aromatic heterocycles. The lowest BCUT2D eigenvalue weighted by molar-refractivity contribution is 0.129. The van der Waals surface area contributed by atoms with Crippen molar-refractivity contribution in [3.8, 4) is 5.75 Å². The van der Waals surface area contributed by atoms with Gasteiger partial charge in [-0.15, -0.1) is 0 Å². The van der Waals surface area contributed by atoms with Crippen LogP contribution in [0.1, 0.15) is 40.2 Å². The third-order valence-corrected chi connectivity index (χ3v) is 2.74. The van der Waals surface area contributed by atoms with Crippen LogP contribution < -0.4 is 4.74 Å². The third-order valence-electron chi connectivity index (χ3n) is 1.92. The Morgan fingerprint density at radius 3 is 2.27 bits per heavy atom. The Hall–Kier alpha value is -0.500. The first-order valence-electron chi connectivity index (χ1n) is 5.09. The highest BCUT2D eigenvalue weighted by Gasteiger charge is 2.16. The fourth-order valence-electron chi connectivity index (χ4n) is 1.31. The molecule has 2 heteroatoms. The Balaban J connectivity index is 3.05. The third kappa shape index (κ3) is 3.53. The summed E-state index contributed by atoms with van der Waals surface area (Å²) in [4.78, 5) is 0. The normalized spacial score (nSPS) is 11.9. The molecule has 1 nitrogen and oxygen atoms in total. The van der Waals surface area contributed by atoms with Crippen molar-refractivity contribution >= 4 is 15.9 Å². The fraction of sp³-hybridized carbons (Fsp3) is 0.462. The van der Waals surface area contributed by atoms with Crippen LogP contribution in [0.25, 0.3) is 0 Å². The van der Waals surface area contributed by atoms with Gasteiger partial charge in [-0.1, -0.05) is 26.0 Å². The molecule has 0 aliphatic carbocycles. The molecule has 0 N–H and O–H groups in total. The summed E-state index contributed by atoms with van der Waals surface area (Å²) in [5.74, 6) is 2.18. The van der Waals surface area contributed by atoms with Crippen molar-refractivity contribution in [1.82, 2.24) is 0 Å². The molecule has 0 bridgehead atoms. The maximum absolute atomic E-state index is 5.86. The second-order valence-electron chi connectivity index (χ2n) is 4.83. The first-order chi connectivity index (χ1) is 6.81. The summed E-state index contributed by atoms with van der Waals surface area (Å²) in [5, 5.41) is 0. The summed E-state index contributed by atoms with van der Waals surface area (Å²) in [7, 11) is 0. The standard InChI is InChI=1S/C13H18BrO/c1-9(2)10-7-6-8-11(12(10)14)15-13(3,4)5/h6-8H,1-5H3. The van der Waals surface area contributed by atoms with Crippen LogP contribution in [0.3, 0.4) is 0 Å². The van der Waals surface area contributed by atoms with Gasteiger partial charge in [-0.2, -0.15) is 0 Å². The van der Waals surface area contributed by atoms with Crippen LogP contribution in [0.5, 0.6) is 5.75 Å². The molecule has 0 atom stereocenters.